The highest BCUT2D eigenvalue weighted by Gasteiger charge is 2.16. The zero-order valence-corrected chi connectivity index (χ0v) is 10.9. The maximum Gasteiger partial charge on any atom is 0.340 e. The van der Waals surface area contributed by atoms with Crippen molar-refractivity contribution in [3.8, 4) is 0 Å². The Morgan fingerprint density at radius 3 is 2.70 bits per heavy atom. The molecule has 1 aromatic heterocycles. The summed E-state index contributed by atoms with van der Waals surface area (Å²) in [5, 5.41) is 11.4. The molecule has 20 heavy (non-hydrogen) atoms. The maximum absolute atomic E-state index is 11.9. The minimum absolute atomic E-state index is 0.00142. The normalized spacial score (nSPS) is 15.8. The van der Waals surface area contributed by atoms with Gasteiger partial charge in [-0.2, -0.15) is 0 Å². The number of likely N-dealkylation sites (tertiary alicyclic amines) is 1. The predicted octanol–water partition coefficient (Wildman–Crippen LogP) is 2.30. The average Bonchev–Trinajstić information content (AvgIpc) is 2.92. The van der Waals surface area contributed by atoms with Gasteiger partial charge in [0, 0.05) is 24.1 Å². The third-order valence-electron chi connectivity index (χ3n) is 3.59. The van der Waals surface area contributed by atoms with E-state index in [1.807, 2.05) is 0 Å². The van der Waals surface area contributed by atoms with Crippen LogP contribution in [0.3, 0.4) is 0 Å². The Labute approximate surface area is 114 Å². The van der Waals surface area contributed by atoms with Gasteiger partial charge in [-0.25, -0.2) is 4.79 Å². The summed E-state index contributed by atoms with van der Waals surface area (Å²) in [7, 11) is 0. The third-order valence-corrected chi connectivity index (χ3v) is 3.59. The van der Waals surface area contributed by atoms with Crippen molar-refractivity contribution in [2.24, 2.45) is 0 Å². The first-order chi connectivity index (χ1) is 9.63. The number of non-ortho nitro benzene ring substituents is 1. The van der Waals surface area contributed by atoms with E-state index in [1.165, 1.54) is 18.2 Å². The smallest absolute Gasteiger partial charge is 0.340 e. The Morgan fingerprint density at radius 2 is 2.00 bits per heavy atom. The van der Waals surface area contributed by atoms with Crippen molar-refractivity contribution in [1.82, 2.24) is 4.90 Å². The van der Waals surface area contributed by atoms with Crippen LogP contribution in [-0.2, 0) is 6.54 Å². The van der Waals surface area contributed by atoms with Gasteiger partial charge in [0.2, 0.25) is 0 Å². The molecule has 6 heteroatoms. The van der Waals surface area contributed by atoms with Crippen LogP contribution in [0.15, 0.2) is 33.5 Å². The predicted molar refractivity (Wildman–Crippen MR) is 73.6 cm³/mol. The van der Waals surface area contributed by atoms with Gasteiger partial charge in [0.05, 0.1) is 10.5 Å². The van der Waals surface area contributed by atoms with E-state index in [0.29, 0.717) is 23.1 Å². The van der Waals surface area contributed by atoms with Crippen LogP contribution < -0.4 is 5.63 Å². The first-order valence-electron chi connectivity index (χ1n) is 6.57. The number of hydrogen-bond donors (Lipinski definition) is 0. The third kappa shape index (κ3) is 2.42. The Hall–Kier alpha value is -2.21. The standard InChI is InChI=1S/C14H14N2O4/c17-14-11(9-15-5-1-2-6-15)7-10-8-12(16(18)19)3-4-13(10)20-14/h3-4,7-8H,1-2,5-6,9H2. The molecule has 0 unspecified atom stereocenters. The number of nitro groups is 1. The van der Waals surface area contributed by atoms with Crippen molar-refractivity contribution in [2.75, 3.05) is 13.1 Å². The Balaban J connectivity index is 2.01. The largest absolute Gasteiger partial charge is 0.422 e. The molecule has 3 rings (SSSR count). The molecule has 1 fully saturated rings. The van der Waals surface area contributed by atoms with Gasteiger partial charge in [-0.15, -0.1) is 0 Å². The number of nitro benzene ring substituents is 1. The van der Waals surface area contributed by atoms with Gasteiger partial charge in [0.1, 0.15) is 5.58 Å². The molecule has 0 radical (unpaired) electrons. The van der Waals surface area contributed by atoms with Crippen LogP contribution in [-0.4, -0.2) is 22.9 Å². The molecule has 2 heterocycles. The van der Waals surface area contributed by atoms with E-state index in [2.05, 4.69) is 4.90 Å². The summed E-state index contributed by atoms with van der Waals surface area (Å²) in [6, 6.07) is 5.94. The molecule has 0 amide bonds. The van der Waals surface area contributed by atoms with Gasteiger partial charge >= 0.3 is 5.63 Å². The lowest BCUT2D eigenvalue weighted by Gasteiger charge is -2.13. The number of hydrogen-bond acceptors (Lipinski definition) is 5. The lowest BCUT2D eigenvalue weighted by molar-refractivity contribution is -0.384. The molecular weight excluding hydrogens is 260 g/mol. The fraction of sp³-hybridized carbons (Fsp3) is 0.357. The zero-order valence-electron chi connectivity index (χ0n) is 10.9. The van der Waals surface area contributed by atoms with Crippen molar-refractivity contribution in [3.05, 3.63) is 50.4 Å². The van der Waals surface area contributed by atoms with Gasteiger partial charge < -0.3 is 4.42 Å². The summed E-state index contributed by atoms with van der Waals surface area (Å²) in [5.74, 6) is 0. The van der Waals surface area contributed by atoms with E-state index in [4.69, 9.17) is 4.42 Å². The number of fused-ring (bicyclic) bond motifs is 1. The second-order valence-electron chi connectivity index (χ2n) is 5.02. The molecular formula is C14H14N2O4. The molecule has 1 aromatic carbocycles. The topological polar surface area (TPSA) is 76.6 Å². The molecule has 6 nitrogen and oxygen atoms in total. The number of nitrogens with zero attached hydrogens (tertiary/aromatic N) is 2. The van der Waals surface area contributed by atoms with Crippen LogP contribution in [0.5, 0.6) is 0 Å². The summed E-state index contributed by atoms with van der Waals surface area (Å²) < 4.78 is 5.23. The highest BCUT2D eigenvalue weighted by Crippen LogP contribution is 2.21. The lowest BCUT2D eigenvalue weighted by Crippen LogP contribution is -2.22. The fourth-order valence-electron chi connectivity index (χ4n) is 2.56. The zero-order chi connectivity index (χ0) is 14.1. The van der Waals surface area contributed by atoms with Crippen LogP contribution in [0.1, 0.15) is 18.4 Å². The van der Waals surface area contributed by atoms with E-state index in [9.17, 15) is 14.9 Å². The second kappa shape index (κ2) is 5.05. The van der Waals surface area contributed by atoms with Crippen molar-refractivity contribution in [1.29, 1.82) is 0 Å². The van der Waals surface area contributed by atoms with E-state index in [-0.39, 0.29) is 11.3 Å². The van der Waals surface area contributed by atoms with E-state index in [0.717, 1.165) is 25.9 Å². The van der Waals surface area contributed by atoms with Crippen molar-refractivity contribution in [2.45, 2.75) is 19.4 Å². The molecule has 104 valence electrons. The minimum Gasteiger partial charge on any atom is -0.422 e. The number of rotatable bonds is 3. The Kier molecular flexibility index (Phi) is 3.23. The van der Waals surface area contributed by atoms with E-state index in [1.54, 1.807) is 6.07 Å². The molecule has 1 aliphatic rings. The first-order valence-corrected chi connectivity index (χ1v) is 6.57. The van der Waals surface area contributed by atoms with Crippen molar-refractivity contribution in [3.63, 3.8) is 0 Å². The second-order valence-corrected chi connectivity index (χ2v) is 5.02. The highest BCUT2D eigenvalue weighted by atomic mass is 16.6. The molecule has 1 saturated heterocycles. The Morgan fingerprint density at radius 1 is 1.25 bits per heavy atom. The quantitative estimate of drug-likeness (QED) is 0.487. The highest BCUT2D eigenvalue weighted by molar-refractivity contribution is 5.79. The van der Waals surface area contributed by atoms with E-state index >= 15 is 0 Å². The summed E-state index contributed by atoms with van der Waals surface area (Å²) in [6.07, 6.45) is 2.29. The summed E-state index contributed by atoms with van der Waals surface area (Å²) in [5.41, 5.74) is 0.572. The van der Waals surface area contributed by atoms with Gasteiger partial charge in [-0.05, 0) is 38.1 Å². The molecule has 2 aromatic rings. The lowest BCUT2D eigenvalue weighted by atomic mass is 10.1. The van der Waals surface area contributed by atoms with Crippen LogP contribution >= 0.6 is 0 Å². The molecule has 0 spiro atoms. The molecule has 1 aliphatic heterocycles. The van der Waals surface area contributed by atoms with Gasteiger partial charge in [0.25, 0.3) is 5.69 Å². The van der Waals surface area contributed by atoms with Crippen LogP contribution in [0.4, 0.5) is 5.69 Å². The minimum atomic E-state index is -0.454. The first kappa shape index (κ1) is 12.8. The molecule has 0 aliphatic carbocycles. The average molecular weight is 274 g/mol. The maximum atomic E-state index is 11.9. The van der Waals surface area contributed by atoms with Crippen molar-refractivity contribution < 1.29 is 9.34 Å². The van der Waals surface area contributed by atoms with Gasteiger partial charge in [-0.3, -0.25) is 15.0 Å². The summed E-state index contributed by atoms with van der Waals surface area (Å²) in [6.45, 7) is 2.50. The van der Waals surface area contributed by atoms with Gasteiger partial charge in [-0.1, -0.05) is 0 Å². The Bertz CT molecular complexity index is 717. The summed E-state index contributed by atoms with van der Waals surface area (Å²) >= 11 is 0. The molecule has 0 bridgehead atoms. The van der Waals surface area contributed by atoms with Crippen LogP contribution in [0.2, 0.25) is 0 Å². The molecule has 0 saturated carbocycles. The molecule has 0 N–H and O–H groups in total. The number of benzene rings is 1. The molecule has 0 atom stereocenters. The monoisotopic (exact) mass is 274 g/mol. The van der Waals surface area contributed by atoms with Gasteiger partial charge in [0.15, 0.2) is 0 Å². The van der Waals surface area contributed by atoms with Crippen molar-refractivity contribution >= 4 is 16.7 Å². The fourth-order valence-corrected chi connectivity index (χ4v) is 2.56. The van der Waals surface area contributed by atoms with E-state index < -0.39 is 4.92 Å². The van der Waals surface area contributed by atoms with Crippen LogP contribution in [0.25, 0.3) is 11.0 Å². The SMILES string of the molecule is O=c1oc2ccc([N+](=O)[O-])cc2cc1CN1CCCC1. The van der Waals surface area contributed by atoms with Crippen LogP contribution in [0, 0.1) is 10.1 Å². The summed E-state index contributed by atoms with van der Waals surface area (Å²) in [4.78, 5) is 24.4.